The highest BCUT2D eigenvalue weighted by Gasteiger charge is 2.31. The van der Waals surface area contributed by atoms with Crippen molar-refractivity contribution >= 4 is 23.6 Å². The second-order valence-electron chi connectivity index (χ2n) is 8.17. The van der Waals surface area contributed by atoms with Crippen molar-refractivity contribution in [3.05, 3.63) is 35.9 Å². The van der Waals surface area contributed by atoms with Crippen molar-refractivity contribution in [2.75, 3.05) is 13.3 Å². The molecule has 1 aliphatic rings. The van der Waals surface area contributed by atoms with Crippen molar-refractivity contribution in [2.45, 2.75) is 58.6 Å². The molecule has 1 saturated heterocycles. The zero-order valence-electron chi connectivity index (χ0n) is 18.2. The second-order valence-corrected chi connectivity index (χ2v) is 8.17. The summed E-state index contributed by atoms with van der Waals surface area (Å²) in [6.07, 6.45) is 1.49. The van der Waals surface area contributed by atoms with Crippen molar-refractivity contribution in [3.8, 4) is 0 Å². The van der Waals surface area contributed by atoms with Gasteiger partial charge >= 0.3 is 6.09 Å². The summed E-state index contributed by atoms with van der Waals surface area (Å²) in [5, 5.41) is 5.06. The molecular weight excluding hydrogens is 400 g/mol. The van der Waals surface area contributed by atoms with Crippen LogP contribution in [-0.4, -0.2) is 42.9 Å². The lowest BCUT2D eigenvalue weighted by Crippen LogP contribution is -2.44. The predicted octanol–water partition coefficient (Wildman–Crippen LogP) is 2.75. The van der Waals surface area contributed by atoms with Gasteiger partial charge in [-0.1, -0.05) is 50.6 Å². The molecule has 2 unspecified atom stereocenters. The van der Waals surface area contributed by atoms with Gasteiger partial charge in [0.25, 0.3) is 5.91 Å². The minimum Gasteiger partial charge on any atom is -0.445 e. The minimum atomic E-state index is -0.780. The first-order valence-corrected chi connectivity index (χ1v) is 10.8. The Morgan fingerprint density at radius 2 is 1.94 bits per heavy atom. The van der Waals surface area contributed by atoms with E-state index in [9.17, 15) is 19.2 Å². The number of hydrogen-bond donors (Lipinski definition) is 2. The lowest BCUT2D eigenvalue weighted by atomic mass is 9.87. The number of carbonyl (C=O) groups excluding carboxylic acids is 4. The van der Waals surface area contributed by atoms with E-state index in [1.165, 1.54) is 0 Å². The molecule has 0 aromatic heterocycles. The Balaban J connectivity index is 1.98. The summed E-state index contributed by atoms with van der Waals surface area (Å²) in [5.74, 6) is -2.19. The van der Waals surface area contributed by atoms with Crippen molar-refractivity contribution in [3.63, 3.8) is 0 Å². The van der Waals surface area contributed by atoms with Crippen molar-refractivity contribution in [1.29, 1.82) is 0 Å². The highest BCUT2D eigenvalue weighted by Crippen LogP contribution is 2.19. The molecule has 2 amide bonds. The van der Waals surface area contributed by atoms with Crippen LogP contribution in [-0.2, 0) is 30.5 Å². The van der Waals surface area contributed by atoms with Gasteiger partial charge in [-0.3, -0.25) is 14.4 Å². The van der Waals surface area contributed by atoms with E-state index < -0.39 is 29.7 Å². The fourth-order valence-corrected chi connectivity index (χ4v) is 3.42. The highest BCUT2D eigenvalue weighted by molar-refractivity contribution is 6.37. The maximum absolute atomic E-state index is 13.0. The van der Waals surface area contributed by atoms with Crippen LogP contribution in [0.25, 0.3) is 0 Å². The van der Waals surface area contributed by atoms with Crippen LogP contribution >= 0.6 is 0 Å². The summed E-state index contributed by atoms with van der Waals surface area (Å²) >= 11 is 0. The molecule has 1 heterocycles. The van der Waals surface area contributed by atoms with Crippen molar-refractivity contribution in [1.82, 2.24) is 10.6 Å². The van der Waals surface area contributed by atoms with Gasteiger partial charge in [-0.2, -0.15) is 0 Å². The van der Waals surface area contributed by atoms with Crippen LogP contribution in [0.5, 0.6) is 0 Å². The van der Waals surface area contributed by atoms with E-state index >= 15 is 0 Å². The van der Waals surface area contributed by atoms with Gasteiger partial charge in [0.2, 0.25) is 5.78 Å². The zero-order chi connectivity index (χ0) is 22.6. The molecule has 2 rings (SSSR count). The minimum absolute atomic E-state index is 0.0178. The summed E-state index contributed by atoms with van der Waals surface area (Å²) in [7, 11) is 0. The van der Waals surface area contributed by atoms with E-state index in [1.54, 1.807) is 0 Å². The molecule has 2 atom stereocenters. The van der Waals surface area contributed by atoms with Gasteiger partial charge in [-0.25, -0.2) is 4.79 Å². The van der Waals surface area contributed by atoms with Crippen LogP contribution in [0, 0.1) is 11.8 Å². The number of carbonyl (C=O) groups is 4. The normalized spacial score (nSPS) is 18.7. The van der Waals surface area contributed by atoms with Gasteiger partial charge in [0.1, 0.15) is 13.3 Å². The molecule has 170 valence electrons. The lowest BCUT2D eigenvalue weighted by Gasteiger charge is -2.22. The molecule has 1 fully saturated rings. The fourth-order valence-electron chi connectivity index (χ4n) is 3.42. The Morgan fingerprint density at radius 3 is 2.65 bits per heavy atom. The molecule has 0 saturated carbocycles. The molecule has 1 aliphatic heterocycles. The number of Topliss-reactive ketones (excluding diaryl/α,β-unsaturated/α-hetero) is 2. The topological polar surface area (TPSA) is 111 Å². The van der Waals surface area contributed by atoms with Gasteiger partial charge in [0.15, 0.2) is 5.78 Å². The van der Waals surface area contributed by atoms with Gasteiger partial charge in [0.05, 0.1) is 6.04 Å². The van der Waals surface area contributed by atoms with Crippen LogP contribution in [0.2, 0.25) is 0 Å². The third-order valence-corrected chi connectivity index (χ3v) is 5.07. The molecule has 1 aromatic carbocycles. The molecule has 2 N–H and O–H groups in total. The van der Waals surface area contributed by atoms with Gasteiger partial charge in [0, 0.05) is 18.9 Å². The molecule has 0 aliphatic carbocycles. The van der Waals surface area contributed by atoms with Crippen LogP contribution in [0.4, 0.5) is 4.79 Å². The molecule has 0 radical (unpaired) electrons. The number of amides is 2. The monoisotopic (exact) mass is 432 g/mol. The summed E-state index contributed by atoms with van der Waals surface area (Å²) in [6.45, 7) is 4.45. The van der Waals surface area contributed by atoms with Crippen molar-refractivity contribution in [2.24, 2.45) is 11.8 Å². The molecule has 0 spiro atoms. The Hall–Kier alpha value is -2.74. The van der Waals surface area contributed by atoms with E-state index in [0.29, 0.717) is 25.9 Å². The number of rotatable bonds is 8. The zero-order valence-corrected chi connectivity index (χ0v) is 18.2. The number of benzene rings is 1. The summed E-state index contributed by atoms with van der Waals surface area (Å²) in [6, 6.07) is 8.46. The van der Waals surface area contributed by atoms with Crippen LogP contribution in [0.15, 0.2) is 30.3 Å². The molecule has 8 heteroatoms. The van der Waals surface area contributed by atoms with E-state index in [2.05, 4.69) is 10.6 Å². The standard InChI is InChI=1S/C23H32N2O6/c1-16(2)12-19(25-23(29)31-14-17-8-4-3-5-9-17)20(26)13-18-10-6-7-11-30-15-24-22(28)21(18)27/h3-5,8-9,16,18-19H,6-7,10-15H2,1-2H3,(H,24,28)(H,25,29). The summed E-state index contributed by atoms with van der Waals surface area (Å²) in [5.41, 5.74) is 0.839. The molecule has 0 bridgehead atoms. The molecule has 8 nitrogen and oxygen atoms in total. The lowest BCUT2D eigenvalue weighted by molar-refractivity contribution is -0.142. The number of ether oxygens (including phenoxy) is 2. The largest absolute Gasteiger partial charge is 0.445 e. The Kier molecular flexibility index (Phi) is 10.2. The number of hydrogen-bond acceptors (Lipinski definition) is 6. The third kappa shape index (κ3) is 8.88. The average Bonchev–Trinajstić information content (AvgIpc) is 2.75. The smallest absolute Gasteiger partial charge is 0.408 e. The first-order valence-electron chi connectivity index (χ1n) is 10.8. The van der Waals surface area contributed by atoms with Crippen LogP contribution in [0.3, 0.4) is 0 Å². The number of nitrogens with one attached hydrogen (secondary N) is 2. The summed E-state index contributed by atoms with van der Waals surface area (Å²) in [4.78, 5) is 49.8. The average molecular weight is 433 g/mol. The predicted molar refractivity (Wildman–Crippen MR) is 114 cm³/mol. The Labute approximate surface area is 183 Å². The quantitative estimate of drug-likeness (QED) is 0.611. The second kappa shape index (κ2) is 12.8. The maximum Gasteiger partial charge on any atom is 0.408 e. The third-order valence-electron chi connectivity index (χ3n) is 5.07. The first-order chi connectivity index (χ1) is 14.9. The Morgan fingerprint density at radius 1 is 1.19 bits per heavy atom. The summed E-state index contributed by atoms with van der Waals surface area (Å²) < 4.78 is 10.5. The molecule has 1 aromatic rings. The number of ketones is 2. The fraction of sp³-hybridized carbons (Fsp3) is 0.565. The molecular formula is C23H32N2O6. The first kappa shape index (κ1) is 24.5. The van der Waals surface area contributed by atoms with Crippen molar-refractivity contribution < 1.29 is 28.7 Å². The van der Waals surface area contributed by atoms with E-state index in [-0.39, 0.29) is 31.5 Å². The maximum atomic E-state index is 13.0. The van der Waals surface area contributed by atoms with Gasteiger partial charge in [-0.15, -0.1) is 0 Å². The Bertz CT molecular complexity index is 750. The van der Waals surface area contributed by atoms with E-state index in [4.69, 9.17) is 9.47 Å². The van der Waals surface area contributed by atoms with E-state index in [0.717, 1.165) is 12.0 Å². The van der Waals surface area contributed by atoms with Crippen LogP contribution < -0.4 is 10.6 Å². The molecule has 31 heavy (non-hydrogen) atoms. The SMILES string of the molecule is CC(C)CC(NC(=O)OCc1ccccc1)C(=O)CC1CCCCOCNC(=O)C1=O. The van der Waals surface area contributed by atoms with Crippen LogP contribution in [0.1, 0.15) is 51.5 Å². The number of alkyl carbamates (subject to hydrolysis) is 1. The highest BCUT2D eigenvalue weighted by atomic mass is 16.5. The van der Waals surface area contributed by atoms with Gasteiger partial charge in [-0.05, 0) is 30.7 Å². The van der Waals surface area contributed by atoms with Gasteiger partial charge < -0.3 is 20.1 Å². The van der Waals surface area contributed by atoms with E-state index in [1.807, 2.05) is 44.2 Å².